The molecular formula is C40H52F2N6O5. The average molecular weight is 735 g/mol. The van der Waals surface area contributed by atoms with Gasteiger partial charge in [0.1, 0.15) is 41.3 Å². The van der Waals surface area contributed by atoms with Gasteiger partial charge in [-0.2, -0.15) is 0 Å². The number of hydrogen-bond donors (Lipinski definition) is 1. The number of amides is 4. The van der Waals surface area contributed by atoms with Crippen molar-refractivity contribution in [3.63, 3.8) is 0 Å². The Morgan fingerprint density at radius 1 is 0.943 bits per heavy atom. The van der Waals surface area contributed by atoms with Crippen LogP contribution >= 0.6 is 0 Å². The summed E-state index contributed by atoms with van der Waals surface area (Å²) in [7, 11) is 1.51. The Balaban J connectivity index is 1.35. The Labute approximate surface area is 310 Å². The zero-order chi connectivity index (χ0) is 38.3. The molecule has 3 atom stereocenters. The molecule has 2 aromatic carbocycles. The molecule has 1 saturated carbocycles. The molecule has 286 valence electrons. The topological polar surface area (TPSA) is 117 Å². The van der Waals surface area contributed by atoms with Crippen molar-refractivity contribution >= 4 is 23.8 Å². The summed E-state index contributed by atoms with van der Waals surface area (Å²) in [5.74, 6) is -1.74. The predicted octanol–water partition coefficient (Wildman–Crippen LogP) is 6.15. The first-order chi connectivity index (χ1) is 25.2. The molecule has 1 aliphatic carbocycles. The monoisotopic (exact) mass is 734 g/mol. The van der Waals surface area contributed by atoms with Crippen molar-refractivity contribution in [3.05, 3.63) is 83.9 Å². The molecule has 4 amide bonds. The number of carbonyl (C=O) groups excluding carboxylic acids is 4. The molecule has 2 heterocycles. The molecule has 53 heavy (non-hydrogen) atoms. The molecule has 1 N–H and O–H groups in total. The maximum absolute atomic E-state index is 14.5. The fraction of sp³-hybridized carbons (Fsp3) is 0.525. The van der Waals surface area contributed by atoms with Gasteiger partial charge in [-0.1, -0.05) is 31.4 Å². The van der Waals surface area contributed by atoms with E-state index < -0.39 is 29.7 Å². The van der Waals surface area contributed by atoms with Crippen LogP contribution in [0.5, 0.6) is 0 Å². The lowest BCUT2D eigenvalue weighted by Gasteiger charge is -2.37. The largest absolute Gasteiger partial charge is 0.444 e. The Bertz CT molecular complexity index is 1720. The first-order valence-electron chi connectivity index (χ1n) is 18.6. The van der Waals surface area contributed by atoms with Crippen LogP contribution in [0.15, 0.2) is 61.1 Å². The normalized spacial score (nSPS) is 17.6. The second kappa shape index (κ2) is 17.3. The number of likely N-dealkylation sites (tertiary alicyclic amines) is 1. The third kappa shape index (κ3) is 10.4. The fourth-order valence-corrected chi connectivity index (χ4v) is 7.08. The number of aromatic nitrogens is 2. The van der Waals surface area contributed by atoms with Crippen molar-refractivity contribution in [2.45, 2.75) is 103 Å². The van der Waals surface area contributed by atoms with Gasteiger partial charge in [0.15, 0.2) is 0 Å². The lowest BCUT2D eigenvalue weighted by Crippen LogP contribution is -2.58. The standard InChI is InChI=1S/C40H52F2N6O5/c1-27(45(5)39(52)53-40(2,3)4)36(49)44-35(29-10-7-6-8-11-29)38(51)48-22-9-12-33(48)24-46(23-21-28-13-15-30(41)16-14-28)37(50)34-25-47(26-43-34)32-19-17-31(42)18-20-32/h13-20,25-27,29,33,35H,6-12,21-24H2,1-5H3,(H,44,49)/t27-,33-,35-/m0/s1. The Morgan fingerprint density at radius 2 is 1.58 bits per heavy atom. The predicted molar refractivity (Wildman–Crippen MR) is 196 cm³/mol. The highest BCUT2D eigenvalue weighted by atomic mass is 19.1. The molecule has 1 saturated heterocycles. The van der Waals surface area contributed by atoms with Gasteiger partial charge in [-0.05, 0) is 108 Å². The van der Waals surface area contributed by atoms with Crippen molar-refractivity contribution in [2.75, 3.05) is 26.7 Å². The molecule has 5 rings (SSSR count). The minimum absolute atomic E-state index is 0.0629. The second-order valence-corrected chi connectivity index (χ2v) is 15.2. The number of benzene rings is 2. The summed E-state index contributed by atoms with van der Waals surface area (Å²) in [6.07, 6.45) is 8.90. The average Bonchev–Trinajstić information content (AvgIpc) is 3.82. The van der Waals surface area contributed by atoms with E-state index in [1.54, 1.807) is 72.5 Å². The Hall–Kier alpha value is -4.81. The van der Waals surface area contributed by atoms with Crippen LogP contribution in [0.25, 0.3) is 5.69 Å². The van der Waals surface area contributed by atoms with E-state index >= 15 is 0 Å². The van der Waals surface area contributed by atoms with Gasteiger partial charge < -0.3 is 24.4 Å². The quantitative estimate of drug-likeness (QED) is 0.239. The van der Waals surface area contributed by atoms with Crippen LogP contribution in [0.3, 0.4) is 0 Å². The van der Waals surface area contributed by atoms with Crippen LogP contribution in [-0.2, 0) is 20.7 Å². The molecule has 11 nitrogen and oxygen atoms in total. The van der Waals surface area contributed by atoms with Gasteiger partial charge >= 0.3 is 6.09 Å². The fourth-order valence-electron chi connectivity index (χ4n) is 7.08. The number of halogens is 2. The van der Waals surface area contributed by atoms with Crippen LogP contribution in [0.1, 0.15) is 88.7 Å². The van der Waals surface area contributed by atoms with Crippen molar-refractivity contribution in [1.82, 2.24) is 29.6 Å². The molecule has 13 heteroatoms. The summed E-state index contributed by atoms with van der Waals surface area (Å²) in [5.41, 5.74) is 0.959. The van der Waals surface area contributed by atoms with E-state index in [0.717, 1.165) is 44.1 Å². The summed E-state index contributed by atoms with van der Waals surface area (Å²) in [6.45, 7) is 7.89. The van der Waals surface area contributed by atoms with Crippen LogP contribution in [0.2, 0.25) is 0 Å². The minimum Gasteiger partial charge on any atom is -0.444 e. The smallest absolute Gasteiger partial charge is 0.410 e. The molecule has 2 fully saturated rings. The van der Waals surface area contributed by atoms with Crippen LogP contribution in [0.4, 0.5) is 13.6 Å². The molecule has 0 unspecified atom stereocenters. The van der Waals surface area contributed by atoms with Crippen LogP contribution < -0.4 is 5.32 Å². The number of hydrogen-bond acceptors (Lipinski definition) is 6. The Kier molecular flexibility index (Phi) is 12.9. The maximum Gasteiger partial charge on any atom is 0.410 e. The zero-order valence-corrected chi connectivity index (χ0v) is 31.4. The highest BCUT2D eigenvalue weighted by molar-refractivity contribution is 5.93. The number of nitrogens with zero attached hydrogens (tertiary/aromatic N) is 5. The maximum atomic E-state index is 14.5. The number of nitrogens with one attached hydrogen (secondary N) is 1. The van der Waals surface area contributed by atoms with Crippen molar-refractivity contribution in [1.29, 1.82) is 0 Å². The molecule has 1 aliphatic heterocycles. The SMILES string of the molecule is C[C@@H](C(=O)N[C@H](C(=O)N1CCC[C@H]1CN(CCc1ccc(F)cc1)C(=O)c1cn(-c2ccc(F)cc2)cn1)C1CCCCC1)N(C)C(=O)OC(C)(C)C. The third-order valence-electron chi connectivity index (χ3n) is 10.2. The zero-order valence-electron chi connectivity index (χ0n) is 31.4. The van der Waals surface area contributed by atoms with E-state index in [9.17, 15) is 28.0 Å². The van der Waals surface area contributed by atoms with Gasteiger partial charge in [0.2, 0.25) is 11.8 Å². The number of imidazole rings is 1. The van der Waals surface area contributed by atoms with Gasteiger partial charge in [-0.25, -0.2) is 18.6 Å². The van der Waals surface area contributed by atoms with E-state index in [1.165, 1.54) is 42.5 Å². The van der Waals surface area contributed by atoms with Gasteiger partial charge in [0, 0.05) is 44.6 Å². The van der Waals surface area contributed by atoms with E-state index in [0.29, 0.717) is 31.6 Å². The summed E-state index contributed by atoms with van der Waals surface area (Å²) in [4.78, 5) is 64.2. The number of carbonyl (C=O) groups is 4. The summed E-state index contributed by atoms with van der Waals surface area (Å²) in [5, 5.41) is 3.03. The number of ether oxygens (including phenoxy) is 1. The van der Waals surface area contributed by atoms with Gasteiger partial charge in [-0.15, -0.1) is 0 Å². The van der Waals surface area contributed by atoms with Crippen molar-refractivity contribution in [2.24, 2.45) is 5.92 Å². The molecular weight excluding hydrogens is 682 g/mol. The summed E-state index contributed by atoms with van der Waals surface area (Å²) < 4.78 is 34.3. The second-order valence-electron chi connectivity index (χ2n) is 15.2. The third-order valence-corrected chi connectivity index (χ3v) is 10.2. The Morgan fingerprint density at radius 3 is 2.23 bits per heavy atom. The summed E-state index contributed by atoms with van der Waals surface area (Å²) >= 11 is 0. The van der Waals surface area contributed by atoms with Gasteiger partial charge in [0.25, 0.3) is 5.91 Å². The van der Waals surface area contributed by atoms with E-state index in [1.807, 2.05) is 0 Å². The van der Waals surface area contributed by atoms with Gasteiger partial charge in [0.05, 0.1) is 0 Å². The van der Waals surface area contributed by atoms with Crippen molar-refractivity contribution < 1.29 is 32.7 Å². The molecule has 3 aromatic rings. The minimum atomic E-state index is -0.882. The molecule has 0 bridgehead atoms. The van der Waals surface area contributed by atoms with Crippen LogP contribution in [0, 0.1) is 17.6 Å². The van der Waals surface area contributed by atoms with Crippen molar-refractivity contribution in [3.8, 4) is 5.69 Å². The van der Waals surface area contributed by atoms with E-state index in [4.69, 9.17) is 4.74 Å². The molecule has 2 aliphatic rings. The van der Waals surface area contributed by atoms with E-state index in [2.05, 4.69) is 10.3 Å². The highest BCUT2D eigenvalue weighted by Gasteiger charge is 2.40. The highest BCUT2D eigenvalue weighted by Crippen LogP contribution is 2.30. The lowest BCUT2D eigenvalue weighted by atomic mass is 9.83. The first-order valence-corrected chi connectivity index (χ1v) is 18.6. The number of rotatable bonds is 12. The summed E-state index contributed by atoms with van der Waals surface area (Å²) in [6, 6.07) is 10.0. The van der Waals surface area contributed by atoms with E-state index in [-0.39, 0.29) is 47.6 Å². The molecule has 0 radical (unpaired) electrons. The first kappa shape index (κ1) is 39.4. The molecule has 0 spiro atoms. The van der Waals surface area contributed by atoms with Gasteiger partial charge in [-0.3, -0.25) is 19.3 Å². The molecule has 1 aromatic heterocycles. The number of likely N-dealkylation sites (N-methyl/N-ethyl adjacent to an activating group) is 1. The van der Waals surface area contributed by atoms with Crippen LogP contribution in [-0.4, -0.2) is 98.5 Å². The lowest BCUT2D eigenvalue weighted by molar-refractivity contribution is -0.140.